The van der Waals surface area contributed by atoms with Crippen molar-refractivity contribution in [3.63, 3.8) is 0 Å². The van der Waals surface area contributed by atoms with E-state index in [1.165, 1.54) is 12.2 Å². The zero-order chi connectivity index (χ0) is 48.7. The number of amides is 8. The lowest BCUT2D eigenvalue weighted by atomic mass is 10.0. The van der Waals surface area contributed by atoms with Gasteiger partial charge in [0, 0.05) is 83.7 Å². The van der Waals surface area contributed by atoms with Crippen molar-refractivity contribution in [2.24, 2.45) is 11.7 Å². The number of nitrogens with zero attached hydrogens (tertiary/aromatic N) is 3. The van der Waals surface area contributed by atoms with Crippen molar-refractivity contribution in [2.75, 3.05) is 23.7 Å². The lowest BCUT2D eigenvalue weighted by molar-refractivity contribution is -0.688. The van der Waals surface area contributed by atoms with Gasteiger partial charge in [-0.2, -0.15) is 0 Å². The Kier molecular flexibility index (Phi) is 17.3. The molecule has 0 saturated carbocycles. The Bertz CT molecular complexity index is 2660. The molecule has 1 aliphatic heterocycles. The number of hydrogen-bond donors (Lipinski definition) is 6. The van der Waals surface area contributed by atoms with E-state index in [1.54, 1.807) is 68.8 Å². The predicted molar refractivity (Wildman–Crippen MR) is 256 cm³/mol. The minimum atomic E-state index is -1.02. The molecule has 17 nitrogen and oxygen atoms in total. The first-order valence-electron chi connectivity index (χ1n) is 22.4. The predicted octanol–water partition coefficient (Wildman–Crippen LogP) is 5.00. The van der Waals surface area contributed by atoms with Crippen molar-refractivity contribution in [3.05, 3.63) is 137 Å². The SMILES string of the molecule is CC(C)[C@H](NC(=O)CCCCCN1C(=O)C=CC1=O)C(=O)N[C@@H](CCCNC(N)=O)C(=O)Nc1ccc(C[n+]2ccc(NC(=O)C(=O)c3cn(Cc4ccc(Cl)cc4)c4ccccc34)cc2)cc1. The van der Waals surface area contributed by atoms with E-state index in [9.17, 15) is 38.4 Å². The fraction of sp³-hybridized carbons (Fsp3) is 0.300. The molecule has 2 aromatic heterocycles. The summed E-state index contributed by atoms with van der Waals surface area (Å²) in [5.74, 6) is -3.85. The summed E-state index contributed by atoms with van der Waals surface area (Å²) in [5.41, 5.74) is 9.12. The third-order valence-corrected chi connectivity index (χ3v) is 11.5. The highest BCUT2D eigenvalue weighted by Crippen LogP contribution is 2.24. The molecular weight excluding hydrogens is 890 g/mol. The Morgan fingerprint density at radius 1 is 0.735 bits per heavy atom. The van der Waals surface area contributed by atoms with E-state index in [1.807, 2.05) is 57.7 Å². The second-order valence-electron chi connectivity index (χ2n) is 16.8. The van der Waals surface area contributed by atoms with E-state index >= 15 is 0 Å². The molecule has 6 rings (SSSR count). The first-order chi connectivity index (χ1) is 32.6. The van der Waals surface area contributed by atoms with Crippen LogP contribution in [0.3, 0.4) is 0 Å². The summed E-state index contributed by atoms with van der Waals surface area (Å²) in [4.78, 5) is 103. The highest BCUT2D eigenvalue weighted by atomic mass is 35.5. The van der Waals surface area contributed by atoms with Crippen molar-refractivity contribution in [2.45, 2.75) is 77.5 Å². The minimum Gasteiger partial charge on any atom is -0.352 e. The minimum absolute atomic E-state index is 0.126. The van der Waals surface area contributed by atoms with Gasteiger partial charge in [-0.05, 0) is 67.5 Å². The number of pyridine rings is 1. The van der Waals surface area contributed by atoms with Crippen LogP contribution in [0.5, 0.6) is 0 Å². The molecule has 0 bridgehead atoms. The maximum atomic E-state index is 13.6. The molecule has 3 aromatic carbocycles. The smallest absolute Gasteiger partial charge is 0.312 e. The van der Waals surface area contributed by atoms with Gasteiger partial charge in [-0.25, -0.2) is 9.36 Å². The Labute approximate surface area is 398 Å². The number of nitrogens with one attached hydrogen (secondary N) is 5. The molecule has 0 spiro atoms. The third-order valence-electron chi connectivity index (χ3n) is 11.3. The quantitative estimate of drug-likeness (QED) is 0.0171. The number of urea groups is 1. The number of unbranched alkanes of at least 4 members (excludes halogenated alkanes) is 2. The maximum absolute atomic E-state index is 13.6. The molecule has 0 fully saturated rings. The third kappa shape index (κ3) is 13.9. The lowest BCUT2D eigenvalue weighted by Gasteiger charge is -2.25. The molecule has 1 aliphatic rings. The number of aromatic nitrogens is 2. The molecule has 68 heavy (non-hydrogen) atoms. The van der Waals surface area contributed by atoms with Crippen LogP contribution in [-0.2, 0) is 41.9 Å². The van der Waals surface area contributed by atoms with Gasteiger partial charge >= 0.3 is 6.03 Å². The molecule has 5 aromatic rings. The number of carbonyl (C=O) groups excluding carboxylic acids is 8. The van der Waals surface area contributed by atoms with Gasteiger partial charge in [0.2, 0.25) is 17.7 Å². The number of imide groups is 1. The average molecular weight is 945 g/mol. The zero-order valence-corrected chi connectivity index (χ0v) is 38.6. The van der Waals surface area contributed by atoms with Crippen LogP contribution in [0.15, 0.2) is 116 Å². The number of nitrogens with two attached hydrogens (primary N) is 1. The molecule has 0 aliphatic carbocycles. The van der Waals surface area contributed by atoms with Gasteiger partial charge in [-0.15, -0.1) is 0 Å². The maximum Gasteiger partial charge on any atom is 0.312 e. The number of rotatable bonds is 23. The second kappa shape index (κ2) is 23.7. The number of para-hydroxylation sites is 1. The van der Waals surface area contributed by atoms with E-state index in [0.29, 0.717) is 66.1 Å². The number of halogens is 1. The van der Waals surface area contributed by atoms with Gasteiger partial charge in [0.1, 0.15) is 12.1 Å². The summed E-state index contributed by atoms with van der Waals surface area (Å²) >= 11 is 6.06. The van der Waals surface area contributed by atoms with Crippen molar-refractivity contribution in [3.8, 4) is 0 Å². The van der Waals surface area contributed by atoms with Crippen molar-refractivity contribution in [1.29, 1.82) is 0 Å². The molecule has 8 amide bonds. The molecule has 0 radical (unpaired) electrons. The molecule has 354 valence electrons. The van der Waals surface area contributed by atoms with Crippen LogP contribution in [-0.4, -0.2) is 81.9 Å². The second-order valence-corrected chi connectivity index (χ2v) is 17.2. The average Bonchev–Trinajstić information content (AvgIpc) is 3.85. The summed E-state index contributed by atoms with van der Waals surface area (Å²) < 4.78 is 3.81. The number of Topliss-reactive ketones (excluding diaryl/α,β-unsaturated/α-hetero) is 1. The molecule has 7 N–H and O–H groups in total. The van der Waals surface area contributed by atoms with Gasteiger partial charge in [-0.3, -0.25) is 38.5 Å². The van der Waals surface area contributed by atoms with Crippen LogP contribution in [0.25, 0.3) is 10.9 Å². The topological polar surface area (TPSA) is 235 Å². The summed E-state index contributed by atoms with van der Waals surface area (Å²) in [6.07, 6.45) is 9.90. The monoisotopic (exact) mass is 944 g/mol. The summed E-state index contributed by atoms with van der Waals surface area (Å²) in [7, 11) is 0. The molecule has 2 atom stereocenters. The summed E-state index contributed by atoms with van der Waals surface area (Å²) in [5, 5.41) is 14.9. The van der Waals surface area contributed by atoms with E-state index in [2.05, 4.69) is 26.6 Å². The normalized spacial score (nSPS) is 13.0. The van der Waals surface area contributed by atoms with Crippen molar-refractivity contribution in [1.82, 2.24) is 25.4 Å². The fourth-order valence-electron chi connectivity index (χ4n) is 7.65. The highest BCUT2D eigenvalue weighted by Gasteiger charge is 2.29. The summed E-state index contributed by atoms with van der Waals surface area (Å²) in [6.45, 7) is 4.92. The number of carbonyl (C=O) groups is 8. The van der Waals surface area contributed by atoms with Crippen LogP contribution >= 0.6 is 11.6 Å². The number of hydrogen-bond acceptors (Lipinski definition) is 8. The Hall–Kier alpha value is -7.66. The van der Waals surface area contributed by atoms with Gasteiger partial charge in [0.15, 0.2) is 18.9 Å². The Balaban J connectivity index is 1.00. The Morgan fingerprint density at radius 3 is 2.07 bits per heavy atom. The van der Waals surface area contributed by atoms with Crippen LogP contribution in [0.2, 0.25) is 5.02 Å². The number of primary amides is 1. The standard InChI is InChI=1S/C50H54ClN9O8/c1-32(2)45(57-42(61)12-4-3-7-26-60-43(62)21-22-44(60)63)48(66)56-40(10-8-25-53-50(52)68)47(65)54-36-19-15-33(16-20-36)29-58-27-23-37(24-28-58)55-49(67)46(64)39-31-59(41-11-6-5-9-38(39)41)30-34-13-17-35(51)18-14-34/h5-6,9,11,13-24,27-28,31-32,40,45H,3-4,7-8,10,12,25-26,29-30H2,1-2H3,(H6,52,53,54,56,57,61,65,66,68)/p+1/t40-,45-/m0/s1. The van der Waals surface area contributed by atoms with Crippen LogP contribution in [0.1, 0.15) is 73.9 Å². The number of ketones is 1. The van der Waals surface area contributed by atoms with Crippen LogP contribution in [0, 0.1) is 5.92 Å². The van der Waals surface area contributed by atoms with Gasteiger partial charge < -0.3 is 36.9 Å². The first kappa shape index (κ1) is 49.8. The largest absolute Gasteiger partial charge is 0.352 e. The number of fused-ring (bicyclic) bond motifs is 1. The molecule has 18 heteroatoms. The number of anilines is 2. The van der Waals surface area contributed by atoms with Crippen LogP contribution < -0.4 is 36.9 Å². The van der Waals surface area contributed by atoms with Gasteiger partial charge in [0.05, 0.1) is 11.3 Å². The molecule has 0 saturated heterocycles. The van der Waals surface area contributed by atoms with Crippen LogP contribution in [0.4, 0.5) is 16.2 Å². The van der Waals surface area contributed by atoms with Gasteiger partial charge in [-0.1, -0.05) is 74.3 Å². The summed E-state index contributed by atoms with van der Waals surface area (Å²) in [6, 6.07) is 22.7. The van der Waals surface area contributed by atoms with E-state index in [-0.39, 0.29) is 49.6 Å². The molecular formula is C50H55ClN9O8+. The van der Waals surface area contributed by atoms with E-state index in [0.717, 1.165) is 21.5 Å². The molecule has 0 unspecified atom stereocenters. The van der Waals surface area contributed by atoms with E-state index < -0.39 is 41.6 Å². The number of benzene rings is 3. The van der Waals surface area contributed by atoms with Crippen molar-refractivity contribution < 1.29 is 42.9 Å². The van der Waals surface area contributed by atoms with Crippen molar-refractivity contribution >= 4 is 81.1 Å². The zero-order valence-electron chi connectivity index (χ0n) is 37.8. The molecule has 3 heterocycles. The highest BCUT2D eigenvalue weighted by molar-refractivity contribution is 6.48. The lowest BCUT2D eigenvalue weighted by Crippen LogP contribution is -2.54. The first-order valence-corrected chi connectivity index (χ1v) is 22.8. The Morgan fingerprint density at radius 2 is 1.40 bits per heavy atom. The van der Waals surface area contributed by atoms with E-state index in [4.69, 9.17) is 17.3 Å². The fourth-order valence-corrected chi connectivity index (χ4v) is 7.77. The van der Waals surface area contributed by atoms with Gasteiger partial charge in [0.25, 0.3) is 23.5 Å².